The second-order valence-corrected chi connectivity index (χ2v) is 2.64. The number of aryl methyl sites for hydroxylation is 2. The van der Waals surface area contributed by atoms with Gasteiger partial charge in [0.05, 0.1) is 5.69 Å². The smallest absolute Gasteiger partial charge is 0.122 e. The lowest BCUT2D eigenvalue weighted by atomic mass is 10.4. The maximum Gasteiger partial charge on any atom is 0.122 e. The third-order valence-corrected chi connectivity index (χ3v) is 1.60. The second kappa shape index (κ2) is 2.86. The Morgan fingerprint density at radius 2 is 2.27 bits per heavy atom. The zero-order valence-electron chi connectivity index (χ0n) is 7.18. The monoisotopic (exact) mass is 151 g/mol. The third-order valence-electron chi connectivity index (χ3n) is 1.60. The van der Waals surface area contributed by atoms with Crippen LogP contribution in [0.25, 0.3) is 0 Å². The van der Waals surface area contributed by atoms with E-state index in [1.54, 1.807) is 4.68 Å². The summed E-state index contributed by atoms with van der Waals surface area (Å²) < 4.78 is 1.68. The molecule has 1 heterocycles. The highest BCUT2D eigenvalue weighted by Gasteiger charge is 2.02. The molecule has 1 aromatic rings. The summed E-state index contributed by atoms with van der Waals surface area (Å²) >= 11 is 0. The van der Waals surface area contributed by atoms with E-state index in [-0.39, 0.29) is 0 Å². The van der Waals surface area contributed by atoms with Crippen molar-refractivity contribution in [2.24, 2.45) is 0 Å². The molecular weight excluding hydrogens is 138 g/mol. The van der Waals surface area contributed by atoms with E-state index in [0.29, 0.717) is 5.84 Å². The number of nitrogens with zero attached hydrogens (tertiary/aromatic N) is 2. The molecule has 1 rings (SSSR count). The van der Waals surface area contributed by atoms with Gasteiger partial charge in [0.25, 0.3) is 0 Å². The summed E-state index contributed by atoms with van der Waals surface area (Å²) in [7, 11) is 0. The Kier molecular flexibility index (Phi) is 2.08. The first kappa shape index (κ1) is 7.98. The van der Waals surface area contributed by atoms with Crippen molar-refractivity contribution in [2.75, 3.05) is 0 Å². The SMILES string of the molecule is CCC(=N)n1nc(C)cc1C. The molecule has 0 spiro atoms. The van der Waals surface area contributed by atoms with Crippen molar-refractivity contribution in [2.45, 2.75) is 27.2 Å². The predicted octanol–water partition coefficient (Wildman–Crippen LogP) is 1.74. The van der Waals surface area contributed by atoms with Crippen LogP contribution in [0, 0.1) is 19.3 Å². The highest BCUT2D eigenvalue weighted by molar-refractivity contribution is 5.80. The van der Waals surface area contributed by atoms with E-state index in [2.05, 4.69) is 5.10 Å². The van der Waals surface area contributed by atoms with Gasteiger partial charge in [-0.1, -0.05) is 6.92 Å². The third kappa shape index (κ3) is 1.48. The summed E-state index contributed by atoms with van der Waals surface area (Å²) in [4.78, 5) is 0. The van der Waals surface area contributed by atoms with Gasteiger partial charge < -0.3 is 0 Å². The summed E-state index contributed by atoms with van der Waals surface area (Å²) in [6.45, 7) is 5.86. The quantitative estimate of drug-likeness (QED) is 0.482. The Balaban J connectivity index is 3.03. The zero-order chi connectivity index (χ0) is 8.43. The molecule has 0 aromatic carbocycles. The van der Waals surface area contributed by atoms with Gasteiger partial charge >= 0.3 is 0 Å². The first-order valence-corrected chi connectivity index (χ1v) is 3.76. The van der Waals surface area contributed by atoms with Gasteiger partial charge in [-0.15, -0.1) is 0 Å². The molecule has 0 amide bonds. The van der Waals surface area contributed by atoms with Crippen LogP contribution in [-0.2, 0) is 0 Å². The van der Waals surface area contributed by atoms with Crippen molar-refractivity contribution in [1.29, 1.82) is 5.41 Å². The number of hydrogen-bond acceptors (Lipinski definition) is 2. The maximum atomic E-state index is 7.53. The van der Waals surface area contributed by atoms with Crippen LogP contribution in [0.15, 0.2) is 6.07 Å². The van der Waals surface area contributed by atoms with Crippen molar-refractivity contribution in [1.82, 2.24) is 9.78 Å². The Labute approximate surface area is 66.5 Å². The first-order chi connectivity index (χ1) is 5.15. The average molecular weight is 151 g/mol. The first-order valence-electron chi connectivity index (χ1n) is 3.76. The van der Waals surface area contributed by atoms with Gasteiger partial charge in [0, 0.05) is 12.1 Å². The Morgan fingerprint density at radius 3 is 2.64 bits per heavy atom. The van der Waals surface area contributed by atoms with Crippen LogP contribution in [0.1, 0.15) is 24.7 Å². The summed E-state index contributed by atoms with van der Waals surface area (Å²) in [5.74, 6) is 0.551. The molecule has 0 aliphatic rings. The summed E-state index contributed by atoms with van der Waals surface area (Å²) in [6.07, 6.45) is 0.724. The Hall–Kier alpha value is -1.12. The average Bonchev–Trinajstić information content (AvgIpc) is 2.28. The van der Waals surface area contributed by atoms with Crippen LogP contribution in [0.3, 0.4) is 0 Å². The van der Waals surface area contributed by atoms with Gasteiger partial charge in [-0.25, -0.2) is 4.68 Å². The predicted molar refractivity (Wildman–Crippen MR) is 45.1 cm³/mol. The van der Waals surface area contributed by atoms with Crippen LogP contribution in [0.4, 0.5) is 0 Å². The van der Waals surface area contributed by atoms with E-state index >= 15 is 0 Å². The summed E-state index contributed by atoms with van der Waals surface area (Å²) in [5.41, 5.74) is 2.01. The van der Waals surface area contributed by atoms with E-state index in [1.165, 1.54) is 0 Å². The van der Waals surface area contributed by atoms with Gasteiger partial charge in [0.1, 0.15) is 5.84 Å². The fourth-order valence-corrected chi connectivity index (χ4v) is 1.05. The molecular formula is C8H13N3. The minimum atomic E-state index is 0.551. The Bertz CT molecular complexity index is 273. The fraction of sp³-hybridized carbons (Fsp3) is 0.500. The zero-order valence-corrected chi connectivity index (χ0v) is 7.18. The van der Waals surface area contributed by atoms with Gasteiger partial charge in [-0.05, 0) is 19.9 Å². The standard InChI is InChI=1S/C8H13N3/c1-4-8(9)11-7(3)5-6(2)10-11/h5,9H,4H2,1-3H3. The second-order valence-electron chi connectivity index (χ2n) is 2.64. The van der Waals surface area contributed by atoms with Gasteiger partial charge in [-0.2, -0.15) is 5.10 Å². The Morgan fingerprint density at radius 1 is 1.64 bits per heavy atom. The van der Waals surface area contributed by atoms with Crippen LogP contribution < -0.4 is 0 Å². The molecule has 11 heavy (non-hydrogen) atoms. The van der Waals surface area contributed by atoms with Crippen LogP contribution in [-0.4, -0.2) is 15.6 Å². The van der Waals surface area contributed by atoms with Crippen molar-refractivity contribution >= 4 is 5.84 Å². The van der Waals surface area contributed by atoms with Crippen LogP contribution >= 0.6 is 0 Å². The molecule has 3 heteroatoms. The number of nitrogens with one attached hydrogen (secondary N) is 1. The minimum absolute atomic E-state index is 0.551. The van der Waals surface area contributed by atoms with Gasteiger partial charge in [0.15, 0.2) is 0 Å². The molecule has 1 aromatic heterocycles. The fourth-order valence-electron chi connectivity index (χ4n) is 1.05. The lowest BCUT2D eigenvalue weighted by molar-refractivity contribution is 0.849. The van der Waals surface area contributed by atoms with Crippen molar-refractivity contribution in [3.05, 3.63) is 17.5 Å². The van der Waals surface area contributed by atoms with Gasteiger partial charge in [0.2, 0.25) is 0 Å². The molecule has 1 N–H and O–H groups in total. The van der Waals surface area contributed by atoms with Crippen molar-refractivity contribution < 1.29 is 0 Å². The van der Waals surface area contributed by atoms with E-state index in [4.69, 9.17) is 5.41 Å². The highest BCUT2D eigenvalue weighted by Crippen LogP contribution is 2.01. The summed E-state index contributed by atoms with van der Waals surface area (Å²) in [5, 5.41) is 11.7. The normalized spacial score (nSPS) is 10.1. The van der Waals surface area contributed by atoms with Gasteiger partial charge in [-0.3, -0.25) is 5.41 Å². The molecule has 0 aliphatic carbocycles. The van der Waals surface area contributed by atoms with E-state index < -0.39 is 0 Å². The molecule has 0 atom stereocenters. The molecule has 0 saturated carbocycles. The number of rotatable bonds is 1. The van der Waals surface area contributed by atoms with Crippen LogP contribution in [0.5, 0.6) is 0 Å². The van der Waals surface area contributed by atoms with E-state index in [9.17, 15) is 0 Å². The molecule has 60 valence electrons. The largest absolute Gasteiger partial charge is 0.287 e. The lowest BCUT2D eigenvalue weighted by Gasteiger charge is -2.01. The maximum absolute atomic E-state index is 7.53. The van der Waals surface area contributed by atoms with E-state index in [1.807, 2.05) is 26.8 Å². The topological polar surface area (TPSA) is 41.7 Å². The molecule has 0 bridgehead atoms. The molecule has 0 aliphatic heterocycles. The summed E-state index contributed by atoms with van der Waals surface area (Å²) in [6, 6.07) is 1.98. The molecule has 0 saturated heterocycles. The number of aromatic nitrogens is 2. The van der Waals surface area contributed by atoms with Crippen LogP contribution in [0.2, 0.25) is 0 Å². The van der Waals surface area contributed by atoms with Crippen molar-refractivity contribution in [3.63, 3.8) is 0 Å². The van der Waals surface area contributed by atoms with E-state index in [0.717, 1.165) is 17.8 Å². The highest BCUT2D eigenvalue weighted by atomic mass is 15.3. The molecule has 3 nitrogen and oxygen atoms in total. The van der Waals surface area contributed by atoms with Crippen molar-refractivity contribution in [3.8, 4) is 0 Å². The lowest BCUT2D eigenvalue weighted by Crippen LogP contribution is -2.12. The molecule has 0 radical (unpaired) electrons. The number of hydrogen-bond donors (Lipinski definition) is 1. The minimum Gasteiger partial charge on any atom is -0.287 e. The molecule has 0 unspecified atom stereocenters. The molecule has 0 fully saturated rings.